The SMILES string of the molecule is NC(=O)c1ncc(Oc2ccccc2F)c(-c2ccccc2)n1. The zero-order valence-corrected chi connectivity index (χ0v) is 11.9. The third kappa shape index (κ3) is 3.16. The molecule has 3 rings (SSSR count). The van der Waals surface area contributed by atoms with Crippen molar-refractivity contribution in [2.24, 2.45) is 5.73 Å². The number of aromatic nitrogens is 2. The molecule has 1 aromatic heterocycles. The average molecular weight is 309 g/mol. The lowest BCUT2D eigenvalue weighted by atomic mass is 10.1. The summed E-state index contributed by atoms with van der Waals surface area (Å²) in [5.74, 6) is -1.12. The smallest absolute Gasteiger partial charge is 0.286 e. The van der Waals surface area contributed by atoms with Crippen LogP contribution in [-0.4, -0.2) is 15.9 Å². The summed E-state index contributed by atoms with van der Waals surface area (Å²) in [6.45, 7) is 0. The lowest BCUT2D eigenvalue weighted by Crippen LogP contribution is -2.15. The predicted octanol–water partition coefficient (Wildman–Crippen LogP) is 3.17. The largest absolute Gasteiger partial charge is 0.450 e. The van der Waals surface area contributed by atoms with Crippen LogP contribution in [0.15, 0.2) is 60.8 Å². The molecule has 114 valence electrons. The minimum Gasteiger partial charge on any atom is -0.450 e. The second-order valence-corrected chi connectivity index (χ2v) is 4.67. The van der Waals surface area contributed by atoms with Gasteiger partial charge in [-0.1, -0.05) is 42.5 Å². The van der Waals surface area contributed by atoms with Crippen molar-refractivity contribution < 1.29 is 13.9 Å². The van der Waals surface area contributed by atoms with Gasteiger partial charge in [0.15, 0.2) is 17.3 Å². The highest BCUT2D eigenvalue weighted by molar-refractivity contribution is 5.89. The number of hydrogen-bond donors (Lipinski definition) is 1. The average Bonchev–Trinajstić information content (AvgIpc) is 2.58. The van der Waals surface area contributed by atoms with Gasteiger partial charge >= 0.3 is 0 Å². The molecule has 0 radical (unpaired) electrons. The fourth-order valence-corrected chi connectivity index (χ4v) is 2.01. The quantitative estimate of drug-likeness (QED) is 0.803. The van der Waals surface area contributed by atoms with Crippen LogP contribution in [0.3, 0.4) is 0 Å². The van der Waals surface area contributed by atoms with Gasteiger partial charge in [0.2, 0.25) is 5.82 Å². The van der Waals surface area contributed by atoms with E-state index in [-0.39, 0.29) is 17.3 Å². The van der Waals surface area contributed by atoms with Gasteiger partial charge in [-0.25, -0.2) is 14.4 Å². The molecule has 0 aliphatic heterocycles. The monoisotopic (exact) mass is 309 g/mol. The van der Waals surface area contributed by atoms with Gasteiger partial charge in [-0.05, 0) is 12.1 Å². The van der Waals surface area contributed by atoms with Gasteiger partial charge < -0.3 is 10.5 Å². The summed E-state index contributed by atoms with van der Waals surface area (Å²) in [5.41, 5.74) is 6.28. The highest BCUT2D eigenvalue weighted by Crippen LogP contribution is 2.32. The lowest BCUT2D eigenvalue weighted by Gasteiger charge is -2.11. The van der Waals surface area contributed by atoms with Gasteiger partial charge in [-0.15, -0.1) is 0 Å². The van der Waals surface area contributed by atoms with E-state index < -0.39 is 11.7 Å². The number of nitrogens with zero attached hydrogens (tertiary/aromatic N) is 2. The van der Waals surface area contributed by atoms with Gasteiger partial charge in [0, 0.05) is 5.56 Å². The second kappa shape index (κ2) is 6.23. The molecular weight excluding hydrogens is 297 g/mol. The molecule has 0 spiro atoms. The Balaban J connectivity index is 2.09. The Bertz CT molecular complexity index is 853. The van der Waals surface area contributed by atoms with E-state index in [2.05, 4.69) is 9.97 Å². The fourth-order valence-electron chi connectivity index (χ4n) is 2.01. The number of ether oxygens (including phenoxy) is 1. The molecule has 0 aliphatic carbocycles. The summed E-state index contributed by atoms with van der Waals surface area (Å²) in [7, 11) is 0. The highest BCUT2D eigenvalue weighted by Gasteiger charge is 2.15. The normalized spacial score (nSPS) is 10.3. The summed E-state index contributed by atoms with van der Waals surface area (Å²) >= 11 is 0. The third-order valence-electron chi connectivity index (χ3n) is 3.08. The van der Waals surface area contributed by atoms with Crippen molar-refractivity contribution in [1.29, 1.82) is 0 Å². The van der Waals surface area contributed by atoms with E-state index >= 15 is 0 Å². The van der Waals surface area contributed by atoms with Crippen molar-refractivity contribution in [3.63, 3.8) is 0 Å². The molecule has 23 heavy (non-hydrogen) atoms. The van der Waals surface area contributed by atoms with Crippen LogP contribution in [-0.2, 0) is 0 Å². The van der Waals surface area contributed by atoms with Crippen LogP contribution in [0.4, 0.5) is 4.39 Å². The first-order valence-corrected chi connectivity index (χ1v) is 6.80. The number of para-hydroxylation sites is 1. The van der Waals surface area contributed by atoms with Gasteiger partial charge in [0.05, 0.1) is 6.20 Å². The van der Waals surface area contributed by atoms with Crippen LogP contribution in [0.25, 0.3) is 11.3 Å². The molecule has 1 heterocycles. The van der Waals surface area contributed by atoms with E-state index in [1.165, 1.54) is 18.3 Å². The predicted molar refractivity (Wildman–Crippen MR) is 82.5 cm³/mol. The van der Waals surface area contributed by atoms with E-state index in [4.69, 9.17) is 10.5 Å². The zero-order chi connectivity index (χ0) is 16.2. The number of rotatable bonds is 4. The lowest BCUT2D eigenvalue weighted by molar-refractivity contribution is 0.0990. The molecule has 0 saturated carbocycles. The minimum absolute atomic E-state index is 0.0418. The Hall–Kier alpha value is -3.28. The number of amides is 1. The standard InChI is InChI=1S/C17H12FN3O2/c18-12-8-4-5-9-13(12)23-14-10-20-17(16(19)22)21-15(14)11-6-2-1-3-7-11/h1-10H,(H2,19,22). The van der Waals surface area contributed by atoms with E-state index in [9.17, 15) is 9.18 Å². The molecule has 3 aromatic rings. The van der Waals surface area contributed by atoms with Crippen LogP contribution in [0.5, 0.6) is 11.5 Å². The molecular formula is C17H12FN3O2. The van der Waals surface area contributed by atoms with Gasteiger partial charge in [-0.2, -0.15) is 0 Å². The van der Waals surface area contributed by atoms with Crippen molar-refractivity contribution >= 4 is 5.91 Å². The number of carbonyl (C=O) groups excluding carboxylic acids is 1. The van der Waals surface area contributed by atoms with Crippen LogP contribution >= 0.6 is 0 Å². The highest BCUT2D eigenvalue weighted by atomic mass is 19.1. The van der Waals surface area contributed by atoms with Gasteiger partial charge in [0.1, 0.15) is 5.69 Å². The zero-order valence-electron chi connectivity index (χ0n) is 11.9. The minimum atomic E-state index is -0.750. The second-order valence-electron chi connectivity index (χ2n) is 4.67. The van der Waals surface area contributed by atoms with E-state index in [0.29, 0.717) is 11.3 Å². The number of halogens is 1. The molecule has 0 unspecified atom stereocenters. The first-order chi connectivity index (χ1) is 11.1. The van der Waals surface area contributed by atoms with Crippen LogP contribution in [0.1, 0.15) is 10.6 Å². The molecule has 5 nitrogen and oxygen atoms in total. The third-order valence-corrected chi connectivity index (χ3v) is 3.08. The van der Waals surface area contributed by atoms with Crippen molar-refractivity contribution in [1.82, 2.24) is 9.97 Å². The van der Waals surface area contributed by atoms with Crippen LogP contribution < -0.4 is 10.5 Å². The molecule has 0 atom stereocenters. The summed E-state index contributed by atoms with van der Waals surface area (Å²) in [6.07, 6.45) is 1.31. The molecule has 2 aromatic carbocycles. The molecule has 0 bridgehead atoms. The topological polar surface area (TPSA) is 78.1 Å². The van der Waals surface area contributed by atoms with E-state index in [1.807, 2.05) is 18.2 Å². The molecule has 1 amide bonds. The van der Waals surface area contributed by atoms with Crippen molar-refractivity contribution in [3.05, 3.63) is 72.4 Å². The Morgan fingerprint density at radius 3 is 2.39 bits per heavy atom. The van der Waals surface area contributed by atoms with E-state index in [0.717, 1.165) is 0 Å². The van der Waals surface area contributed by atoms with Gasteiger partial charge in [0.25, 0.3) is 5.91 Å². The van der Waals surface area contributed by atoms with Crippen molar-refractivity contribution in [2.45, 2.75) is 0 Å². The molecule has 6 heteroatoms. The number of primary amides is 1. The maximum absolute atomic E-state index is 13.8. The molecule has 0 aliphatic rings. The van der Waals surface area contributed by atoms with E-state index in [1.54, 1.807) is 24.3 Å². The number of nitrogens with two attached hydrogens (primary N) is 1. The van der Waals surface area contributed by atoms with Crippen LogP contribution in [0.2, 0.25) is 0 Å². The number of carbonyl (C=O) groups is 1. The van der Waals surface area contributed by atoms with Crippen molar-refractivity contribution in [2.75, 3.05) is 0 Å². The number of benzene rings is 2. The Kier molecular flexibility index (Phi) is 3.97. The summed E-state index contributed by atoms with van der Waals surface area (Å²) < 4.78 is 19.4. The molecule has 2 N–H and O–H groups in total. The number of hydrogen-bond acceptors (Lipinski definition) is 4. The Morgan fingerprint density at radius 1 is 1.00 bits per heavy atom. The summed E-state index contributed by atoms with van der Waals surface area (Å²) in [5, 5.41) is 0. The van der Waals surface area contributed by atoms with Crippen LogP contribution in [0, 0.1) is 5.82 Å². The van der Waals surface area contributed by atoms with Gasteiger partial charge in [-0.3, -0.25) is 4.79 Å². The maximum atomic E-state index is 13.8. The maximum Gasteiger partial charge on any atom is 0.286 e. The summed E-state index contributed by atoms with van der Waals surface area (Å²) in [6, 6.07) is 15.1. The first-order valence-electron chi connectivity index (χ1n) is 6.80. The van der Waals surface area contributed by atoms with Crippen molar-refractivity contribution in [3.8, 4) is 22.8 Å². The Labute approximate surface area is 131 Å². The summed E-state index contributed by atoms with van der Waals surface area (Å²) in [4.78, 5) is 19.3. The molecule has 0 saturated heterocycles. The fraction of sp³-hybridized carbons (Fsp3) is 0. The Morgan fingerprint density at radius 2 is 1.70 bits per heavy atom. The molecule has 0 fully saturated rings. The first kappa shape index (κ1) is 14.6.